The maximum atomic E-state index is 11.7. The molecule has 2 fully saturated rings. The standard InChI is InChI=1S/C22H35N3O3/c1-23-12-14-25(15-13-23)21-10-11-24(17-19(21)6-9-22(26)28-3)16-18-4-7-20(27-2)8-5-18/h4-5,7-8,19,21H,6,9-17H2,1-3H3/t19-,21+/m0/s1. The molecule has 0 bridgehead atoms. The molecule has 0 radical (unpaired) electrons. The van der Waals surface area contributed by atoms with Crippen molar-refractivity contribution in [3.8, 4) is 5.75 Å². The van der Waals surface area contributed by atoms with Crippen LogP contribution in [-0.4, -0.2) is 87.2 Å². The van der Waals surface area contributed by atoms with Crippen molar-refractivity contribution in [2.45, 2.75) is 31.8 Å². The molecule has 0 aliphatic carbocycles. The zero-order valence-electron chi connectivity index (χ0n) is 17.6. The fourth-order valence-corrected chi connectivity index (χ4v) is 4.55. The van der Waals surface area contributed by atoms with Gasteiger partial charge in [-0.25, -0.2) is 0 Å². The van der Waals surface area contributed by atoms with E-state index in [1.807, 2.05) is 12.1 Å². The van der Waals surface area contributed by atoms with Crippen molar-refractivity contribution >= 4 is 5.97 Å². The maximum absolute atomic E-state index is 11.7. The summed E-state index contributed by atoms with van der Waals surface area (Å²) in [6, 6.07) is 8.93. The molecule has 0 aromatic heterocycles. The van der Waals surface area contributed by atoms with E-state index in [0.717, 1.165) is 58.0 Å². The highest BCUT2D eigenvalue weighted by molar-refractivity contribution is 5.69. The Kier molecular flexibility index (Phi) is 7.71. The van der Waals surface area contributed by atoms with E-state index in [9.17, 15) is 4.79 Å². The van der Waals surface area contributed by atoms with Gasteiger partial charge >= 0.3 is 5.97 Å². The van der Waals surface area contributed by atoms with Crippen LogP contribution in [0.5, 0.6) is 5.75 Å². The van der Waals surface area contributed by atoms with Gasteiger partial charge in [-0.05, 0) is 50.0 Å². The van der Waals surface area contributed by atoms with Crippen LogP contribution in [0.15, 0.2) is 24.3 Å². The Labute approximate surface area is 169 Å². The fraction of sp³-hybridized carbons (Fsp3) is 0.682. The number of piperidine rings is 1. The quantitative estimate of drug-likeness (QED) is 0.666. The van der Waals surface area contributed by atoms with Gasteiger partial charge in [-0.1, -0.05) is 12.1 Å². The number of esters is 1. The lowest BCUT2D eigenvalue weighted by atomic mass is 9.86. The number of hydrogen-bond acceptors (Lipinski definition) is 6. The van der Waals surface area contributed by atoms with E-state index in [4.69, 9.17) is 9.47 Å². The van der Waals surface area contributed by atoms with Crippen molar-refractivity contribution in [3.05, 3.63) is 29.8 Å². The normalized spacial score (nSPS) is 24.8. The molecule has 1 aromatic carbocycles. The summed E-state index contributed by atoms with van der Waals surface area (Å²) in [5.41, 5.74) is 1.31. The summed E-state index contributed by atoms with van der Waals surface area (Å²) < 4.78 is 10.2. The van der Waals surface area contributed by atoms with Crippen LogP contribution in [0, 0.1) is 5.92 Å². The third-order valence-electron chi connectivity index (χ3n) is 6.30. The molecular weight excluding hydrogens is 354 g/mol. The van der Waals surface area contributed by atoms with E-state index in [2.05, 4.69) is 33.9 Å². The topological polar surface area (TPSA) is 45.2 Å². The van der Waals surface area contributed by atoms with Crippen molar-refractivity contribution in [1.29, 1.82) is 0 Å². The molecule has 2 atom stereocenters. The monoisotopic (exact) mass is 389 g/mol. The first kappa shape index (κ1) is 21.1. The lowest BCUT2D eigenvalue weighted by Crippen LogP contribution is -2.56. The molecule has 0 unspecified atom stereocenters. The number of hydrogen-bond donors (Lipinski definition) is 0. The lowest BCUT2D eigenvalue weighted by Gasteiger charge is -2.46. The fourth-order valence-electron chi connectivity index (χ4n) is 4.55. The second kappa shape index (κ2) is 10.2. The Bertz CT molecular complexity index is 614. The van der Waals surface area contributed by atoms with E-state index < -0.39 is 0 Å². The molecule has 28 heavy (non-hydrogen) atoms. The Morgan fingerprint density at radius 2 is 1.79 bits per heavy atom. The SMILES string of the molecule is COC(=O)CC[C@H]1CN(Cc2ccc(OC)cc2)CC[C@H]1N1CCN(C)CC1. The number of ether oxygens (including phenoxy) is 2. The van der Waals surface area contributed by atoms with E-state index in [1.54, 1.807) is 7.11 Å². The summed E-state index contributed by atoms with van der Waals surface area (Å²) in [7, 11) is 5.38. The predicted octanol–water partition coefficient (Wildman–Crippen LogP) is 2.09. The lowest BCUT2D eigenvalue weighted by molar-refractivity contribution is -0.141. The predicted molar refractivity (Wildman–Crippen MR) is 110 cm³/mol. The first-order valence-electron chi connectivity index (χ1n) is 10.4. The van der Waals surface area contributed by atoms with Gasteiger partial charge in [0, 0.05) is 51.7 Å². The van der Waals surface area contributed by atoms with Gasteiger partial charge in [-0.3, -0.25) is 14.6 Å². The van der Waals surface area contributed by atoms with Crippen LogP contribution in [0.1, 0.15) is 24.8 Å². The van der Waals surface area contributed by atoms with Crippen LogP contribution in [0.25, 0.3) is 0 Å². The minimum Gasteiger partial charge on any atom is -0.497 e. The molecular formula is C22H35N3O3. The molecule has 2 aliphatic heterocycles. The molecule has 2 heterocycles. The summed E-state index contributed by atoms with van der Waals surface area (Å²) in [6.07, 6.45) is 2.59. The van der Waals surface area contributed by atoms with E-state index >= 15 is 0 Å². The van der Waals surface area contributed by atoms with E-state index in [0.29, 0.717) is 18.4 Å². The van der Waals surface area contributed by atoms with Gasteiger partial charge in [0.05, 0.1) is 14.2 Å². The Morgan fingerprint density at radius 3 is 2.43 bits per heavy atom. The average Bonchev–Trinajstić information content (AvgIpc) is 2.73. The summed E-state index contributed by atoms with van der Waals surface area (Å²) in [5, 5.41) is 0. The smallest absolute Gasteiger partial charge is 0.305 e. The molecule has 0 saturated carbocycles. The van der Waals surface area contributed by atoms with Crippen LogP contribution in [0.3, 0.4) is 0 Å². The zero-order valence-corrected chi connectivity index (χ0v) is 17.6. The highest BCUT2D eigenvalue weighted by Crippen LogP contribution is 2.28. The van der Waals surface area contributed by atoms with Gasteiger partial charge in [0.25, 0.3) is 0 Å². The van der Waals surface area contributed by atoms with Crippen molar-refractivity contribution < 1.29 is 14.3 Å². The molecule has 3 rings (SSSR count). The van der Waals surface area contributed by atoms with E-state index in [-0.39, 0.29) is 5.97 Å². The van der Waals surface area contributed by atoms with Crippen molar-refractivity contribution in [2.24, 2.45) is 5.92 Å². The van der Waals surface area contributed by atoms with Crippen molar-refractivity contribution in [3.63, 3.8) is 0 Å². The largest absolute Gasteiger partial charge is 0.497 e. The molecule has 2 aliphatic rings. The Morgan fingerprint density at radius 1 is 1.07 bits per heavy atom. The molecule has 0 spiro atoms. The second-order valence-corrected chi connectivity index (χ2v) is 8.15. The number of piperazine rings is 1. The van der Waals surface area contributed by atoms with Crippen LogP contribution in [-0.2, 0) is 16.1 Å². The summed E-state index contributed by atoms with van der Waals surface area (Å²) in [5.74, 6) is 1.31. The number of benzene rings is 1. The first-order valence-corrected chi connectivity index (χ1v) is 10.4. The molecule has 0 N–H and O–H groups in total. The van der Waals surface area contributed by atoms with Gasteiger partial charge in [0.1, 0.15) is 5.75 Å². The number of rotatable bonds is 7. The Balaban J connectivity index is 1.62. The average molecular weight is 390 g/mol. The highest BCUT2D eigenvalue weighted by atomic mass is 16.5. The van der Waals surface area contributed by atoms with Gasteiger partial charge in [-0.2, -0.15) is 0 Å². The zero-order chi connectivity index (χ0) is 19.9. The number of methoxy groups -OCH3 is 2. The summed E-state index contributed by atoms with van der Waals surface area (Å²) in [4.78, 5) is 19.3. The van der Waals surface area contributed by atoms with Crippen LogP contribution >= 0.6 is 0 Å². The van der Waals surface area contributed by atoms with Crippen molar-refractivity contribution in [2.75, 3.05) is 60.5 Å². The third kappa shape index (κ3) is 5.69. The van der Waals surface area contributed by atoms with Gasteiger partial charge in [0.2, 0.25) is 0 Å². The highest BCUT2D eigenvalue weighted by Gasteiger charge is 2.34. The number of nitrogens with zero attached hydrogens (tertiary/aromatic N) is 3. The summed E-state index contributed by atoms with van der Waals surface area (Å²) >= 11 is 0. The molecule has 6 heteroatoms. The second-order valence-electron chi connectivity index (χ2n) is 8.15. The first-order chi connectivity index (χ1) is 13.6. The molecule has 1 aromatic rings. The summed E-state index contributed by atoms with van der Waals surface area (Å²) in [6.45, 7) is 7.64. The van der Waals surface area contributed by atoms with Crippen LogP contribution in [0.4, 0.5) is 0 Å². The van der Waals surface area contributed by atoms with Crippen LogP contribution < -0.4 is 4.74 Å². The molecule has 0 amide bonds. The molecule has 156 valence electrons. The molecule has 6 nitrogen and oxygen atoms in total. The van der Waals surface area contributed by atoms with Crippen LogP contribution in [0.2, 0.25) is 0 Å². The molecule has 2 saturated heterocycles. The maximum Gasteiger partial charge on any atom is 0.305 e. The Hall–Kier alpha value is -1.63. The number of carbonyl (C=O) groups excluding carboxylic acids is 1. The van der Waals surface area contributed by atoms with E-state index in [1.165, 1.54) is 19.1 Å². The number of likely N-dealkylation sites (N-methyl/N-ethyl adjacent to an activating group) is 1. The minimum absolute atomic E-state index is 0.0931. The van der Waals surface area contributed by atoms with Gasteiger partial charge < -0.3 is 14.4 Å². The number of likely N-dealkylation sites (tertiary alicyclic amines) is 1. The third-order valence-corrected chi connectivity index (χ3v) is 6.30. The van der Waals surface area contributed by atoms with Gasteiger partial charge in [-0.15, -0.1) is 0 Å². The minimum atomic E-state index is -0.0931. The van der Waals surface area contributed by atoms with Crippen molar-refractivity contribution in [1.82, 2.24) is 14.7 Å². The number of carbonyl (C=O) groups is 1. The van der Waals surface area contributed by atoms with Gasteiger partial charge in [0.15, 0.2) is 0 Å².